The van der Waals surface area contributed by atoms with Crippen molar-refractivity contribution in [3.05, 3.63) is 0 Å². The average Bonchev–Trinajstić information content (AvgIpc) is 2.45. The van der Waals surface area contributed by atoms with Gasteiger partial charge in [-0.1, -0.05) is 39.0 Å². The van der Waals surface area contributed by atoms with Crippen LogP contribution in [0.25, 0.3) is 0 Å². The maximum absolute atomic E-state index is 9.85. The van der Waals surface area contributed by atoms with Crippen molar-refractivity contribution >= 4 is 24.2 Å². The van der Waals surface area contributed by atoms with Gasteiger partial charge in [0.25, 0.3) is 0 Å². The molecule has 4 nitrogen and oxygen atoms in total. The Morgan fingerprint density at radius 1 is 0.952 bits per heavy atom. The summed E-state index contributed by atoms with van der Waals surface area (Å²) in [5.74, 6) is 2.17. The largest absolute Gasteiger partial charge is 0.389 e. The Bertz CT molecular complexity index is 249. The quantitative estimate of drug-likeness (QED) is 0.457. The van der Waals surface area contributed by atoms with Crippen molar-refractivity contribution in [3.63, 3.8) is 0 Å². The molecule has 0 bridgehead atoms. The summed E-state index contributed by atoms with van der Waals surface area (Å²) >= 11 is 1.92. The van der Waals surface area contributed by atoms with E-state index in [-0.39, 0.29) is 18.4 Å². The second-order valence-corrected chi connectivity index (χ2v) is 6.96. The van der Waals surface area contributed by atoms with Crippen LogP contribution in [0.15, 0.2) is 0 Å². The predicted molar refractivity (Wildman–Crippen MR) is 92.4 cm³/mol. The third-order valence-electron chi connectivity index (χ3n) is 3.96. The van der Waals surface area contributed by atoms with E-state index in [4.69, 9.17) is 0 Å². The standard InChI is InChI=1S/C15H31NO3S.ClH/c1-2-3-4-5-6-7-9-20-10-8-12-14(18)15(19)13(17)11-16-12;/h12-19H,2-11H2,1H3;1H/t12-,13-,14+,15+;/m1./s1. The Morgan fingerprint density at radius 2 is 1.62 bits per heavy atom. The highest BCUT2D eigenvalue weighted by Gasteiger charge is 2.35. The Morgan fingerprint density at radius 3 is 2.33 bits per heavy atom. The first kappa shape index (κ1) is 21.5. The number of thioether (sulfide) groups is 1. The molecule has 21 heavy (non-hydrogen) atoms. The Kier molecular flexibility index (Phi) is 13.3. The van der Waals surface area contributed by atoms with Crippen LogP contribution in [0.5, 0.6) is 0 Å². The number of halogens is 1. The van der Waals surface area contributed by atoms with Gasteiger partial charge in [0.1, 0.15) is 6.10 Å². The van der Waals surface area contributed by atoms with Gasteiger partial charge < -0.3 is 20.6 Å². The number of piperidine rings is 1. The van der Waals surface area contributed by atoms with Crippen molar-refractivity contribution in [3.8, 4) is 0 Å². The lowest BCUT2D eigenvalue weighted by molar-refractivity contribution is -0.0941. The summed E-state index contributed by atoms with van der Waals surface area (Å²) in [4.78, 5) is 0. The minimum Gasteiger partial charge on any atom is -0.389 e. The molecule has 128 valence electrons. The highest BCUT2D eigenvalue weighted by atomic mass is 35.5. The monoisotopic (exact) mass is 341 g/mol. The first-order valence-corrected chi connectivity index (χ1v) is 9.17. The van der Waals surface area contributed by atoms with Crippen molar-refractivity contribution in [1.82, 2.24) is 5.32 Å². The molecular weight excluding hydrogens is 310 g/mol. The third kappa shape index (κ3) is 8.62. The Balaban J connectivity index is 0.00000400. The first-order chi connectivity index (χ1) is 9.66. The van der Waals surface area contributed by atoms with E-state index in [0.29, 0.717) is 6.54 Å². The fourth-order valence-electron chi connectivity index (χ4n) is 2.55. The highest BCUT2D eigenvalue weighted by Crippen LogP contribution is 2.16. The van der Waals surface area contributed by atoms with Gasteiger partial charge >= 0.3 is 0 Å². The van der Waals surface area contributed by atoms with Crippen LogP contribution in [0.1, 0.15) is 51.9 Å². The zero-order valence-corrected chi connectivity index (χ0v) is 14.7. The van der Waals surface area contributed by atoms with E-state index in [2.05, 4.69) is 12.2 Å². The molecule has 0 spiro atoms. The number of unbranched alkanes of at least 4 members (excludes halogenated alkanes) is 5. The molecule has 1 rings (SSSR count). The molecule has 1 heterocycles. The molecule has 1 aliphatic heterocycles. The molecule has 1 fully saturated rings. The van der Waals surface area contributed by atoms with Gasteiger partial charge in [0.15, 0.2) is 0 Å². The van der Waals surface area contributed by atoms with E-state index in [1.54, 1.807) is 0 Å². The van der Waals surface area contributed by atoms with Gasteiger partial charge in [-0.2, -0.15) is 11.8 Å². The van der Waals surface area contributed by atoms with E-state index < -0.39 is 18.3 Å². The smallest absolute Gasteiger partial charge is 0.108 e. The summed E-state index contributed by atoms with van der Waals surface area (Å²) in [6.45, 7) is 2.60. The zero-order valence-electron chi connectivity index (χ0n) is 13.0. The topological polar surface area (TPSA) is 72.7 Å². The van der Waals surface area contributed by atoms with Crippen molar-refractivity contribution < 1.29 is 15.3 Å². The lowest BCUT2D eigenvalue weighted by Crippen LogP contribution is -2.59. The van der Waals surface area contributed by atoms with E-state index in [0.717, 1.165) is 12.2 Å². The molecule has 0 aromatic carbocycles. The van der Waals surface area contributed by atoms with Gasteiger partial charge in [0.2, 0.25) is 0 Å². The van der Waals surface area contributed by atoms with Crippen molar-refractivity contribution in [2.45, 2.75) is 76.2 Å². The predicted octanol–water partition coefficient (Wildman–Crippen LogP) is 1.95. The summed E-state index contributed by atoms with van der Waals surface area (Å²) in [6, 6.07) is -0.0922. The summed E-state index contributed by atoms with van der Waals surface area (Å²) < 4.78 is 0. The minimum absolute atomic E-state index is 0. The van der Waals surface area contributed by atoms with E-state index in [1.165, 1.54) is 44.3 Å². The lowest BCUT2D eigenvalue weighted by atomic mass is 9.94. The van der Waals surface area contributed by atoms with Crippen LogP contribution in [-0.4, -0.2) is 57.7 Å². The number of nitrogens with one attached hydrogen (secondary N) is 1. The normalized spacial score (nSPS) is 29.1. The van der Waals surface area contributed by atoms with Crippen molar-refractivity contribution in [1.29, 1.82) is 0 Å². The van der Waals surface area contributed by atoms with Gasteiger partial charge in [-0.15, -0.1) is 12.4 Å². The number of aliphatic hydroxyl groups is 3. The van der Waals surface area contributed by atoms with E-state index in [9.17, 15) is 15.3 Å². The molecular formula is C15H32ClNO3S. The molecule has 0 unspecified atom stereocenters. The van der Waals surface area contributed by atoms with Crippen LogP contribution in [0.4, 0.5) is 0 Å². The molecule has 0 radical (unpaired) electrons. The zero-order chi connectivity index (χ0) is 14.8. The molecule has 4 atom stereocenters. The molecule has 0 aliphatic carbocycles. The Hall–Kier alpha value is 0.480. The Labute approximate surface area is 139 Å². The lowest BCUT2D eigenvalue weighted by Gasteiger charge is -2.36. The summed E-state index contributed by atoms with van der Waals surface area (Å²) in [5.41, 5.74) is 0. The number of β-amino-alcohol motifs (C(OH)–C–C–N with tert-alkyl or cyclic N) is 1. The molecule has 4 N–H and O–H groups in total. The summed E-state index contributed by atoms with van der Waals surface area (Å²) in [5, 5.41) is 32.0. The fourth-order valence-corrected chi connectivity index (χ4v) is 3.58. The number of rotatable bonds is 10. The molecule has 0 aromatic rings. The molecule has 0 saturated carbocycles. The highest BCUT2D eigenvalue weighted by molar-refractivity contribution is 7.99. The van der Waals surface area contributed by atoms with Crippen LogP contribution in [0.3, 0.4) is 0 Å². The van der Waals surface area contributed by atoms with Crippen LogP contribution < -0.4 is 5.32 Å². The van der Waals surface area contributed by atoms with E-state index in [1.807, 2.05) is 11.8 Å². The van der Waals surface area contributed by atoms with Gasteiger partial charge in [-0.25, -0.2) is 0 Å². The average molecular weight is 342 g/mol. The van der Waals surface area contributed by atoms with Gasteiger partial charge in [0.05, 0.1) is 12.2 Å². The summed E-state index contributed by atoms with van der Waals surface area (Å²) in [7, 11) is 0. The van der Waals surface area contributed by atoms with Crippen molar-refractivity contribution in [2.75, 3.05) is 18.1 Å². The molecule has 0 aromatic heterocycles. The second kappa shape index (κ2) is 13.0. The maximum Gasteiger partial charge on any atom is 0.108 e. The first-order valence-electron chi connectivity index (χ1n) is 8.02. The van der Waals surface area contributed by atoms with Gasteiger partial charge in [0, 0.05) is 12.6 Å². The molecule has 6 heteroatoms. The van der Waals surface area contributed by atoms with Crippen LogP contribution in [-0.2, 0) is 0 Å². The SMILES string of the molecule is CCCCCCCCSCC[C@H]1NC[C@@H](O)[C@H](O)[C@H]1O.Cl. The molecule has 0 amide bonds. The summed E-state index contributed by atoms with van der Waals surface area (Å²) in [6.07, 6.45) is 6.08. The van der Waals surface area contributed by atoms with Crippen LogP contribution in [0, 0.1) is 0 Å². The van der Waals surface area contributed by atoms with Gasteiger partial charge in [-0.05, 0) is 24.3 Å². The van der Waals surface area contributed by atoms with E-state index >= 15 is 0 Å². The minimum atomic E-state index is -1.01. The molecule has 1 saturated heterocycles. The van der Waals surface area contributed by atoms with Crippen molar-refractivity contribution in [2.24, 2.45) is 0 Å². The number of hydrogen-bond acceptors (Lipinski definition) is 5. The second-order valence-electron chi connectivity index (χ2n) is 5.73. The van der Waals surface area contributed by atoms with Gasteiger partial charge in [-0.3, -0.25) is 0 Å². The van der Waals surface area contributed by atoms with Crippen LogP contribution in [0.2, 0.25) is 0 Å². The third-order valence-corrected chi connectivity index (χ3v) is 5.06. The number of aliphatic hydroxyl groups excluding tert-OH is 3. The maximum atomic E-state index is 9.85. The van der Waals surface area contributed by atoms with Crippen LogP contribution >= 0.6 is 24.2 Å². The number of hydrogen-bond donors (Lipinski definition) is 4. The fraction of sp³-hybridized carbons (Fsp3) is 1.00. The molecule has 1 aliphatic rings.